The Labute approximate surface area is 118 Å². The van der Waals surface area contributed by atoms with Gasteiger partial charge in [0.25, 0.3) is 0 Å². The molecule has 0 aliphatic heterocycles. The topological polar surface area (TPSA) is 33.1 Å². The Hall–Kier alpha value is -1.29. The summed E-state index contributed by atoms with van der Waals surface area (Å²) in [6.45, 7) is 0. The molecule has 0 unspecified atom stereocenters. The Morgan fingerprint density at radius 2 is 1.78 bits per heavy atom. The first-order chi connectivity index (χ1) is 8.68. The van der Waals surface area contributed by atoms with Gasteiger partial charge in [0, 0.05) is 10.9 Å². The summed E-state index contributed by atoms with van der Waals surface area (Å²) in [6, 6.07) is 11.2. The van der Waals surface area contributed by atoms with Crippen molar-refractivity contribution in [3.63, 3.8) is 0 Å². The Bertz CT molecular complexity index is 739. The molecule has 0 atom stereocenters. The van der Waals surface area contributed by atoms with Gasteiger partial charge in [-0.1, -0.05) is 41.4 Å². The highest BCUT2D eigenvalue weighted by Gasteiger charge is 2.15. The Morgan fingerprint density at radius 3 is 2.61 bits per heavy atom. The van der Waals surface area contributed by atoms with Crippen LogP contribution in [-0.2, 0) is 0 Å². The van der Waals surface area contributed by atoms with Crippen LogP contribution in [0.15, 0.2) is 36.4 Å². The monoisotopic (exact) mass is 295 g/mol. The van der Waals surface area contributed by atoms with Crippen LogP contribution < -0.4 is 0 Å². The number of fused-ring (bicyclic) bond motifs is 1. The van der Waals surface area contributed by atoms with E-state index in [1.54, 1.807) is 6.07 Å². The maximum absolute atomic E-state index is 9.50. The summed E-state index contributed by atoms with van der Waals surface area (Å²) in [4.78, 5) is 0. The van der Waals surface area contributed by atoms with E-state index < -0.39 is 0 Å². The van der Waals surface area contributed by atoms with Crippen LogP contribution in [0.5, 0.6) is 5.75 Å². The van der Waals surface area contributed by atoms with Crippen LogP contribution in [-0.4, -0.2) is 9.48 Å². The molecule has 2 nitrogen and oxygen atoms in total. The lowest BCUT2D eigenvalue weighted by molar-refractivity contribution is 0.475. The van der Waals surface area contributed by atoms with Crippen molar-refractivity contribution in [1.82, 2.24) is 4.37 Å². The molecule has 3 rings (SSSR count). The summed E-state index contributed by atoms with van der Waals surface area (Å²) >= 11 is 13.5. The number of nitrogens with zero attached hydrogens (tertiary/aromatic N) is 1. The van der Waals surface area contributed by atoms with Crippen molar-refractivity contribution in [2.75, 3.05) is 0 Å². The SMILES string of the molecule is Oc1ccc(-c2nsc3ccccc23)c(Cl)c1Cl. The van der Waals surface area contributed by atoms with E-state index in [2.05, 4.69) is 4.37 Å². The standard InChI is InChI=1S/C13H7Cl2NOS/c14-11-8(5-6-9(17)12(11)15)13-7-3-1-2-4-10(7)18-16-13/h1-6,17H. The summed E-state index contributed by atoms with van der Waals surface area (Å²) in [5.41, 5.74) is 1.53. The minimum absolute atomic E-state index is 0.0232. The molecule has 1 aromatic heterocycles. The van der Waals surface area contributed by atoms with Crippen molar-refractivity contribution in [2.24, 2.45) is 0 Å². The lowest BCUT2D eigenvalue weighted by Gasteiger charge is -2.05. The van der Waals surface area contributed by atoms with Crippen molar-refractivity contribution in [3.05, 3.63) is 46.4 Å². The van der Waals surface area contributed by atoms with Crippen LogP contribution in [0.3, 0.4) is 0 Å². The minimum atomic E-state index is -0.0232. The first-order valence-corrected chi connectivity index (χ1v) is 6.73. The zero-order valence-corrected chi connectivity index (χ0v) is 11.4. The van der Waals surface area contributed by atoms with Gasteiger partial charge in [-0.2, -0.15) is 4.37 Å². The molecule has 90 valence electrons. The third-order valence-electron chi connectivity index (χ3n) is 2.69. The summed E-state index contributed by atoms with van der Waals surface area (Å²) in [6.07, 6.45) is 0. The highest BCUT2D eigenvalue weighted by atomic mass is 35.5. The number of phenolic OH excluding ortho intramolecular Hbond substituents is 1. The Morgan fingerprint density at radius 1 is 1.00 bits per heavy atom. The van der Waals surface area contributed by atoms with Gasteiger partial charge in [-0.25, -0.2) is 0 Å². The summed E-state index contributed by atoms with van der Waals surface area (Å²) < 4.78 is 5.50. The normalized spacial score (nSPS) is 11.0. The Kier molecular flexibility index (Phi) is 2.90. The molecule has 0 saturated carbocycles. The first-order valence-electron chi connectivity index (χ1n) is 5.20. The first kappa shape index (κ1) is 11.8. The molecular formula is C13H7Cl2NOS. The van der Waals surface area contributed by atoms with E-state index in [4.69, 9.17) is 23.2 Å². The van der Waals surface area contributed by atoms with Crippen LogP contribution in [0.4, 0.5) is 0 Å². The molecule has 0 spiro atoms. The maximum atomic E-state index is 9.50. The maximum Gasteiger partial charge on any atom is 0.135 e. The number of rotatable bonds is 1. The van der Waals surface area contributed by atoms with E-state index in [0.717, 1.165) is 21.3 Å². The molecule has 2 aromatic carbocycles. The highest BCUT2D eigenvalue weighted by Crippen LogP contribution is 2.41. The van der Waals surface area contributed by atoms with Crippen LogP contribution in [0.25, 0.3) is 21.3 Å². The van der Waals surface area contributed by atoms with Gasteiger partial charge in [-0.3, -0.25) is 0 Å². The minimum Gasteiger partial charge on any atom is -0.506 e. The second-order valence-electron chi connectivity index (χ2n) is 3.79. The average Bonchev–Trinajstić information content (AvgIpc) is 2.80. The average molecular weight is 296 g/mol. The third-order valence-corrected chi connectivity index (χ3v) is 4.39. The fourth-order valence-electron chi connectivity index (χ4n) is 1.80. The molecule has 0 bridgehead atoms. The van der Waals surface area contributed by atoms with E-state index in [-0.39, 0.29) is 10.8 Å². The fraction of sp³-hybridized carbons (Fsp3) is 0. The predicted molar refractivity (Wildman–Crippen MR) is 76.7 cm³/mol. The van der Waals surface area contributed by atoms with E-state index >= 15 is 0 Å². The molecule has 0 radical (unpaired) electrons. The molecule has 0 saturated heterocycles. The van der Waals surface area contributed by atoms with Gasteiger partial charge >= 0.3 is 0 Å². The van der Waals surface area contributed by atoms with Crippen molar-refractivity contribution in [1.29, 1.82) is 0 Å². The van der Waals surface area contributed by atoms with Gasteiger partial charge in [0.2, 0.25) is 0 Å². The van der Waals surface area contributed by atoms with Gasteiger partial charge < -0.3 is 5.11 Å². The second kappa shape index (κ2) is 4.43. The molecule has 18 heavy (non-hydrogen) atoms. The molecule has 0 fully saturated rings. The Balaban J connectivity index is 2.30. The van der Waals surface area contributed by atoms with E-state index in [1.165, 1.54) is 17.6 Å². The van der Waals surface area contributed by atoms with E-state index in [9.17, 15) is 5.11 Å². The molecule has 1 heterocycles. The molecule has 0 aliphatic rings. The predicted octanol–water partition coefficient (Wildman–Crippen LogP) is 4.98. The number of benzene rings is 2. The molecule has 1 N–H and O–H groups in total. The van der Waals surface area contributed by atoms with Crippen molar-refractivity contribution >= 4 is 44.8 Å². The van der Waals surface area contributed by atoms with Crippen LogP contribution >= 0.6 is 34.7 Å². The summed E-state index contributed by atoms with van der Waals surface area (Å²) in [5, 5.41) is 11.0. The molecule has 0 aliphatic carbocycles. The van der Waals surface area contributed by atoms with E-state index in [1.807, 2.05) is 24.3 Å². The molecular weight excluding hydrogens is 289 g/mol. The smallest absolute Gasteiger partial charge is 0.135 e. The number of hydrogen-bond acceptors (Lipinski definition) is 3. The second-order valence-corrected chi connectivity index (χ2v) is 5.35. The fourth-order valence-corrected chi connectivity index (χ4v) is 3.01. The zero-order chi connectivity index (χ0) is 12.7. The van der Waals surface area contributed by atoms with Gasteiger partial charge in [-0.05, 0) is 29.7 Å². The quantitative estimate of drug-likeness (QED) is 0.687. The number of hydrogen-bond donors (Lipinski definition) is 1. The number of halogens is 2. The van der Waals surface area contributed by atoms with Crippen molar-refractivity contribution < 1.29 is 5.11 Å². The highest BCUT2D eigenvalue weighted by molar-refractivity contribution is 7.13. The van der Waals surface area contributed by atoms with Gasteiger partial charge in [-0.15, -0.1) is 0 Å². The molecule has 0 amide bonds. The molecule has 5 heteroatoms. The van der Waals surface area contributed by atoms with E-state index in [0.29, 0.717) is 5.02 Å². The molecule has 3 aromatic rings. The zero-order valence-electron chi connectivity index (χ0n) is 9.02. The lowest BCUT2D eigenvalue weighted by Crippen LogP contribution is -1.82. The third kappa shape index (κ3) is 1.75. The number of phenols is 1. The van der Waals surface area contributed by atoms with Gasteiger partial charge in [0.05, 0.1) is 15.4 Å². The van der Waals surface area contributed by atoms with Gasteiger partial charge in [0.1, 0.15) is 10.8 Å². The van der Waals surface area contributed by atoms with Crippen LogP contribution in [0.1, 0.15) is 0 Å². The number of aromatic nitrogens is 1. The summed E-state index contributed by atoms with van der Waals surface area (Å²) in [5.74, 6) is -0.0232. The van der Waals surface area contributed by atoms with Crippen LogP contribution in [0.2, 0.25) is 10.0 Å². The van der Waals surface area contributed by atoms with Gasteiger partial charge in [0.15, 0.2) is 0 Å². The largest absolute Gasteiger partial charge is 0.506 e. The van der Waals surface area contributed by atoms with Crippen LogP contribution in [0, 0.1) is 0 Å². The lowest BCUT2D eigenvalue weighted by atomic mass is 10.1. The van der Waals surface area contributed by atoms with Crippen molar-refractivity contribution in [2.45, 2.75) is 0 Å². The van der Waals surface area contributed by atoms with Crippen molar-refractivity contribution in [3.8, 4) is 17.0 Å². The number of aromatic hydroxyl groups is 1. The summed E-state index contributed by atoms with van der Waals surface area (Å²) in [7, 11) is 0.